The van der Waals surface area contributed by atoms with Crippen LogP contribution in [0.1, 0.15) is 39.8 Å². The molecule has 1 aromatic carbocycles. The van der Waals surface area contributed by atoms with Gasteiger partial charge in [0.1, 0.15) is 15.9 Å². The van der Waals surface area contributed by atoms with Gasteiger partial charge in [-0.1, -0.05) is 36.9 Å². The van der Waals surface area contributed by atoms with Gasteiger partial charge < -0.3 is 4.57 Å². The second kappa shape index (κ2) is 7.48. The highest BCUT2D eigenvalue weighted by Crippen LogP contribution is 2.42. The SMILES string of the molecule is CCc1nnc([C@@H]2C(=N)S/C(=C\c3cc(C)n(-c4ccccc4)c3C)C2=O)s1. The standard InChI is InChI=1S/C21H20N4OS2/c1-4-17-23-24-21(28-17)18-19(26)16(27-20(18)22)11-14-10-12(2)25(13(14)3)15-8-6-5-7-9-15/h5-11,18,22H,4H2,1-3H3/b16-11-,22-20?/t18-/m0/s1. The minimum Gasteiger partial charge on any atom is -0.318 e. The lowest BCUT2D eigenvalue weighted by atomic mass is 10.1. The van der Waals surface area contributed by atoms with Crippen LogP contribution in [-0.4, -0.2) is 25.6 Å². The Bertz CT molecular complexity index is 1100. The molecule has 0 unspecified atom stereocenters. The Morgan fingerprint density at radius 2 is 1.96 bits per heavy atom. The zero-order valence-corrected chi connectivity index (χ0v) is 17.5. The minimum atomic E-state index is -0.605. The van der Waals surface area contributed by atoms with E-state index in [-0.39, 0.29) is 5.78 Å². The Morgan fingerprint density at radius 1 is 1.21 bits per heavy atom. The monoisotopic (exact) mass is 408 g/mol. The summed E-state index contributed by atoms with van der Waals surface area (Å²) in [7, 11) is 0. The molecule has 1 aliphatic rings. The van der Waals surface area contributed by atoms with Crippen LogP contribution in [0.2, 0.25) is 0 Å². The van der Waals surface area contributed by atoms with Gasteiger partial charge in [-0.05, 0) is 50.1 Å². The molecule has 5 nitrogen and oxygen atoms in total. The zero-order chi connectivity index (χ0) is 19.8. The van der Waals surface area contributed by atoms with Crippen molar-refractivity contribution in [3.05, 3.63) is 68.3 Å². The van der Waals surface area contributed by atoms with Crippen LogP contribution < -0.4 is 0 Å². The van der Waals surface area contributed by atoms with E-state index in [1.807, 2.05) is 31.2 Å². The predicted octanol–water partition coefficient (Wildman–Crippen LogP) is 4.93. The van der Waals surface area contributed by atoms with Gasteiger partial charge in [-0.3, -0.25) is 10.2 Å². The molecule has 3 aromatic rings. The molecule has 0 bridgehead atoms. The van der Waals surface area contributed by atoms with Crippen molar-refractivity contribution in [3.8, 4) is 5.69 Å². The highest BCUT2D eigenvalue weighted by atomic mass is 32.2. The van der Waals surface area contributed by atoms with E-state index in [2.05, 4.69) is 46.8 Å². The maximum absolute atomic E-state index is 13.0. The first-order valence-electron chi connectivity index (χ1n) is 9.08. The fourth-order valence-corrected chi connectivity index (χ4v) is 5.33. The Morgan fingerprint density at radius 3 is 2.64 bits per heavy atom. The van der Waals surface area contributed by atoms with Crippen LogP contribution >= 0.6 is 23.1 Å². The van der Waals surface area contributed by atoms with Crippen molar-refractivity contribution in [1.82, 2.24) is 14.8 Å². The van der Waals surface area contributed by atoms with Crippen LogP contribution in [0.25, 0.3) is 11.8 Å². The second-order valence-electron chi connectivity index (χ2n) is 6.66. The summed E-state index contributed by atoms with van der Waals surface area (Å²) in [5, 5.41) is 18.4. The van der Waals surface area contributed by atoms with E-state index in [1.54, 1.807) is 0 Å². The quantitative estimate of drug-likeness (QED) is 0.622. The lowest BCUT2D eigenvalue weighted by molar-refractivity contribution is -0.114. The number of allylic oxidation sites excluding steroid dienone is 1. The van der Waals surface area contributed by atoms with Gasteiger partial charge >= 0.3 is 0 Å². The summed E-state index contributed by atoms with van der Waals surface area (Å²) in [6, 6.07) is 12.2. The minimum absolute atomic E-state index is 0.0571. The number of rotatable bonds is 4. The lowest BCUT2D eigenvalue weighted by Crippen LogP contribution is -2.11. The molecule has 142 valence electrons. The topological polar surface area (TPSA) is 71.6 Å². The number of hydrogen-bond acceptors (Lipinski definition) is 6. The summed E-state index contributed by atoms with van der Waals surface area (Å²) >= 11 is 2.66. The number of aryl methyl sites for hydroxylation is 2. The third-order valence-corrected chi connectivity index (χ3v) is 6.92. The number of para-hydroxylation sites is 1. The Labute approximate surface area is 172 Å². The van der Waals surface area contributed by atoms with Gasteiger partial charge in [0, 0.05) is 17.1 Å². The van der Waals surface area contributed by atoms with E-state index < -0.39 is 5.92 Å². The van der Waals surface area contributed by atoms with E-state index in [0.29, 0.717) is 15.0 Å². The molecular formula is C21H20N4OS2. The molecule has 28 heavy (non-hydrogen) atoms. The molecule has 0 spiro atoms. The summed E-state index contributed by atoms with van der Waals surface area (Å²) in [6.07, 6.45) is 2.69. The highest BCUT2D eigenvalue weighted by molar-refractivity contribution is 8.19. The average Bonchev–Trinajstić information content (AvgIpc) is 3.33. The molecular weight excluding hydrogens is 388 g/mol. The van der Waals surface area contributed by atoms with Crippen molar-refractivity contribution < 1.29 is 4.79 Å². The van der Waals surface area contributed by atoms with Crippen LogP contribution in [0, 0.1) is 19.3 Å². The first kappa shape index (κ1) is 18.8. The zero-order valence-electron chi connectivity index (χ0n) is 15.9. The van der Waals surface area contributed by atoms with Gasteiger partial charge in [-0.25, -0.2) is 0 Å². The summed E-state index contributed by atoms with van der Waals surface area (Å²) < 4.78 is 2.18. The van der Waals surface area contributed by atoms with Gasteiger partial charge in [0.25, 0.3) is 0 Å². The van der Waals surface area contributed by atoms with Crippen LogP contribution in [-0.2, 0) is 11.2 Å². The largest absolute Gasteiger partial charge is 0.318 e. The summed E-state index contributed by atoms with van der Waals surface area (Å²) in [5.41, 5.74) is 4.27. The number of carbonyl (C=O) groups excluding carboxylic acids is 1. The summed E-state index contributed by atoms with van der Waals surface area (Å²) in [4.78, 5) is 13.6. The van der Waals surface area contributed by atoms with Crippen molar-refractivity contribution in [1.29, 1.82) is 5.41 Å². The number of ketones is 1. The van der Waals surface area contributed by atoms with E-state index >= 15 is 0 Å². The highest BCUT2D eigenvalue weighted by Gasteiger charge is 2.39. The first-order chi connectivity index (χ1) is 13.5. The third-order valence-electron chi connectivity index (χ3n) is 4.79. The van der Waals surface area contributed by atoms with Gasteiger partial charge in [0.2, 0.25) is 0 Å². The third kappa shape index (κ3) is 3.25. The van der Waals surface area contributed by atoms with Crippen molar-refractivity contribution in [3.63, 3.8) is 0 Å². The van der Waals surface area contributed by atoms with Crippen LogP contribution in [0.4, 0.5) is 0 Å². The van der Waals surface area contributed by atoms with Crippen LogP contribution in [0.5, 0.6) is 0 Å². The number of benzene rings is 1. The van der Waals surface area contributed by atoms with E-state index in [9.17, 15) is 4.79 Å². The molecule has 0 aliphatic carbocycles. The van der Waals surface area contributed by atoms with Gasteiger partial charge in [-0.15, -0.1) is 21.5 Å². The number of aromatic nitrogens is 3. The normalized spacial score (nSPS) is 18.4. The smallest absolute Gasteiger partial charge is 0.186 e. The summed E-state index contributed by atoms with van der Waals surface area (Å²) in [5.74, 6) is -0.662. The Hall–Kier alpha value is -2.51. The van der Waals surface area contributed by atoms with E-state index in [1.165, 1.54) is 23.1 Å². The average molecular weight is 409 g/mol. The maximum Gasteiger partial charge on any atom is 0.186 e. The molecule has 2 aromatic heterocycles. The molecule has 3 heterocycles. The van der Waals surface area contributed by atoms with Gasteiger partial charge in [0.15, 0.2) is 5.78 Å². The first-order valence-corrected chi connectivity index (χ1v) is 10.7. The second-order valence-corrected chi connectivity index (χ2v) is 8.83. The molecule has 0 amide bonds. The fourth-order valence-electron chi connectivity index (χ4n) is 3.39. The lowest BCUT2D eigenvalue weighted by Gasteiger charge is -2.09. The number of hydrogen-bond donors (Lipinski definition) is 1. The van der Waals surface area contributed by atoms with E-state index in [0.717, 1.165) is 34.1 Å². The molecule has 1 atom stereocenters. The molecule has 1 fully saturated rings. The number of thioether (sulfide) groups is 1. The van der Waals surface area contributed by atoms with Crippen molar-refractivity contribution in [2.45, 2.75) is 33.1 Å². The fraction of sp³-hybridized carbons (Fsp3) is 0.238. The Kier molecular flexibility index (Phi) is 5.03. The number of Topliss-reactive ketones (excluding diaryl/α,β-unsaturated/α-hetero) is 1. The van der Waals surface area contributed by atoms with Crippen molar-refractivity contribution in [2.75, 3.05) is 0 Å². The number of carbonyl (C=O) groups is 1. The molecule has 1 aliphatic heterocycles. The van der Waals surface area contributed by atoms with Crippen LogP contribution in [0.3, 0.4) is 0 Å². The molecule has 1 saturated heterocycles. The van der Waals surface area contributed by atoms with Crippen molar-refractivity contribution in [2.24, 2.45) is 0 Å². The number of nitrogens with one attached hydrogen (secondary N) is 1. The summed E-state index contributed by atoms with van der Waals surface area (Å²) in [6.45, 7) is 6.12. The Balaban J connectivity index is 1.69. The van der Waals surface area contributed by atoms with Crippen LogP contribution in [0.15, 0.2) is 41.3 Å². The molecule has 0 saturated carbocycles. The molecule has 0 radical (unpaired) electrons. The van der Waals surface area contributed by atoms with Crippen molar-refractivity contribution >= 4 is 40.0 Å². The molecule has 7 heteroatoms. The molecule has 1 N–H and O–H groups in total. The number of nitrogens with zero attached hydrogens (tertiary/aromatic N) is 3. The maximum atomic E-state index is 13.0. The molecule has 4 rings (SSSR count). The van der Waals surface area contributed by atoms with Gasteiger partial charge in [-0.2, -0.15) is 0 Å². The predicted molar refractivity (Wildman–Crippen MR) is 116 cm³/mol. The van der Waals surface area contributed by atoms with E-state index in [4.69, 9.17) is 5.41 Å². The van der Waals surface area contributed by atoms with Gasteiger partial charge in [0.05, 0.1) is 9.95 Å².